The molecule has 2 amide bonds. The minimum Gasteiger partial charge on any atom is -0.496 e. The normalized spacial score (nSPS) is 14.8. The average molecular weight is 380 g/mol. The van der Waals surface area contributed by atoms with Crippen molar-refractivity contribution in [1.82, 2.24) is 10.2 Å². The number of carbonyl (C=O) groups excluding carboxylic acids is 2. The van der Waals surface area contributed by atoms with Gasteiger partial charge in [0.05, 0.1) is 13.2 Å². The second-order valence-electron chi connectivity index (χ2n) is 7.28. The van der Waals surface area contributed by atoms with Crippen molar-refractivity contribution in [3.8, 4) is 5.75 Å². The minimum atomic E-state index is -0.0934. The van der Waals surface area contributed by atoms with E-state index in [4.69, 9.17) is 4.74 Å². The molecule has 1 N–H and O–H groups in total. The van der Waals surface area contributed by atoms with Crippen LogP contribution in [0, 0.1) is 6.92 Å². The van der Waals surface area contributed by atoms with E-state index in [1.165, 1.54) is 0 Å². The number of amides is 2. The van der Waals surface area contributed by atoms with Crippen molar-refractivity contribution in [1.29, 1.82) is 0 Å². The first-order valence-electron chi connectivity index (χ1n) is 9.84. The fourth-order valence-corrected chi connectivity index (χ4v) is 3.63. The quantitative estimate of drug-likeness (QED) is 0.790. The van der Waals surface area contributed by atoms with Gasteiger partial charge in [0.15, 0.2) is 0 Å². The van der Waals surface area contributed by atoms with E-state index in [-0.39, 0.29) is 17.9 Å². The molecule has 1 aliphatic heterocycles. The Morgan fingerprint density at radius 2 is 1.96 bits per heavy atom. The molecule has 1 atom stereocenters. The van der Waals surface area contributed by atoms with Crippen LogP contribution in [0.5, 0.6) is 5.75 Å². The van der Waals surface area contributed by atoms with Crippen LogP contribution in [0.1, 0.15) is 59.3 Å². The van der Waals surface area contributed by atoms with Gasteiger partial charge in [0.25, 0.3) is 5.91 Å². The fraction of sp³-hybridized carbons (Fsp3) is 0.391. The molecule has 0 aliphatic carbocycles. The Morgan fingerprint density at radius 1 is 1.21 bits per heavy atom. The van der Waals surface area contributed by atoms with Crippen molar-refractivity contribution in [2.24, 2.45) is 0 Å². The number of hydrogen-bond donors (Lipinski definition) is 1. The van der Waals surface area contributed by atoms with Gasteiger partial charge in [0.1, 0.15) is 5.75 Å². The summed E-state index contributed by atoms with van der Waals surface area (Å²) in [6.45, 7) is 5.49. The third kappa shape index (κ3) is 4.53. The summed E-state index contributed by atoms with van der Waals surface area (Å²) in [6, 6.07) is 13.5. The van der Waals surface area contributed by atoms with Crippen LogP contribution in [-0.4, -0.2) is 30.4 Å². The van der Waals surface area contributed by atoms with Gasteiger partial charge in [-0.1, -0.05) is 31.2 Å². The Balaban J connectivity index is 1.65. The maximum absolute atomic E-state index is 12.7. The molecule has 148 valence electrons. The maximum atomic E-state index is 12.7. The lowest BCUT2D eigenvalue weighted by molar-refractivity contribution is -0.128. The molecule has 0 saturated carbocycles. The molecule has 1 heterocycles. The van der Waals surface area contributed by atoms with Gasteiger partial charge in [-0.15, -0.1) is 0 Å². The molecular formula is C23H28N2O3. The standard InChI is InChI=1S/C23H28N2O3/c1-4-20(19-11-12-21(28-3)16(2)14-19)24-23(27)18-9-7-17(8-10-18)15-25-13-5-6-22(25)26/h7-12,14,20H,4-6,13,15H2,1-3H3,(H,24,27)/t20-/m1/s1. The van der Waals surface area contributed by atoms with E-state index < -0.39 is 0 Å². The number of hydrogen-bond acceptors (Lipinski definition) is 3. The molecule has 1 saturated heterocycles. The van der Waals surface area contributed by atoms with Gasteiger partial charge in [-0.25, -0.2) is 0 Å². The Labute approximate surface area is 166 Å². The van der Waals surface area contributed by atoms with Crippen LogP contribution >= 0.6 is 0 Å². The summed E-state index contributed by atoms with van der Waals surface area (Å²) < 4.78 is 5.32. The molecule has 1 fully saturated rings. The highest BCUT2D eigenvalue weighted by Crippen LogP contribution is 2.24. The third-order valence-corrected chi connectivity index (χ3v) is 5.30. The molecule has 0 aromatic heterocycles. The topological polar surface area (TPSA) is 58.6 Å². The van der Waals surface area contributed by atoms with Gasteiger partial charge < -0.3 is 15.0 Å². The Morgan fingerprint density at radius 3 is 2.54 bits per heavy atom. The van der Waals surface area contributed by atoms with Gasteiger partial charge in [-0.2, -0.15) is 0 Å². The van der Waals surface area contributed by atoms with E-state index in [9.17, 15) is 9.59 Å². The van der Waals surface area contributed by atoms with E-state index in [2.05, 4.69) is 18.3 Å². The summed E-state index contributed by atoms with van der Waals surface area (Å²) in [4.78, 5) is 26.3. The van der Waals surface area contributed by atoms with Crippen molar-refractivity contribution in [3.05, 3.63) is 64.7 Å². The van der Waals surface area contributed by atoms with Crippen molar-refractivity contribution >= 4 is 11.8 Å². The summed E-state index contributed by atoms with van der Waals surface area (Å²) in [5.74, 6) is 0.962. The first-order chi connectivity index (χ1) is 13.5. The number of benzene rings is 2. The molecular weight excluding hydrogens is 352 g/mol. The van der Waals surface area contributed by atoms with Crippen LogP contribution in [0.4, 0.5) is 0 Å². The van der Waals surface area contributed by atoms with E-state index in [1.807, 2.05) is 48.2 Å². The van der Waals surface area contributed by atoms with Crippen molar-refractivity contribution in [2.45, 2.75) is 45.7 Å². The molecule has 0 radical (unpaired) electrons. The Hall–Kier alpha value is -2.82. The number of nitrogens with zero attached hydrogens (tertiary/aromatic N) is 1. The number of rotatable bonds is 7. The lowest BCUT2D eigenvalue weighted by Gasteiger charge is -2.19. The highest BCUT2D eigenvalue weighted by atomic mass is 16.5. The van der Waals surface area contributed by atoms with Crippen molar-refractivity contribution in [3.63, 3.8) is 0 Å². The van der Waals surface area contributed by atoms with Gasteiger partial charge in [0.2, 0.25) is 5.91 Å². The molecule has 28 heavy (non-hydrogen) atoms. The number of carbonyl (C=O) groups is 2. The fourth-order valence-electron chi connectivity index (χ4n) is 3.63. The Bertz CT molecular complexity index is 845. The van der Waals surface area contributed by atoms with E-state index >= 15 is 0 Å². The van der Waals surface area contributed by atoms with Gasteiger partial charge in [-0.3, -0.25) is 9.59 Å². The summed E-state index contributed by atoms with van der Waals surface area (Å²) in [7, 11) is 1.66. The first kappa shape index (κ1) is 19.9. The number of likely N-dealkylation sites (tertiary alicyclic amines) is 1. The largest absolute Gasteiger partial charge is 0.496 e. The van der Waals surface area contributed by atoms with Gasteiger partial charge >= 0.3 is 0 Å². The maximum Gasteiger partial charge on any atom is 0.251 e. The summed E-state index contributed by atoms with van der Waals surface area (Å²) in [5.41, 5.74) is 3.79. The zero-order chi connectivity index (χ0) is 20.1. The minimum absolute atomic E-state index is 0.0565. The monoisotopic (exact) mass is 380 g/mol. The van der Waals surface area contributed by atoms with Gasteiger partial charge in [0, 0.05) is 25.1 Å². The summed E-state index contributed by atoms with van der Waals surface area (Å²) in [5, 5.41) is 3.12. The van der Waals surface area contributed by atoms with E-state index in [0.717, 1.165) is 41.8 Å². The smallest absolute Gasteiger partial charge is 0.251 e. The molecule has 2 aromatic rings. The SMILES string of the molecule is CC[C@@H](NC(=O)c1ccc(CN2CCCC2=O)cc1)c1ccc(OC)c(C)c1. The number of nitrogens with one attached hydrogen (secondary N) is 1. The molecule has 5 heteroatoms. The number of methoxy groups -OCH3 is 1. The lowest BCUT2D eigenvalue weighted by atomic mass is 10.0. The van der Waals surface area contributed by atoms with Crippen LogP contribution in [0.3, 0.4) is 0 Å². The van der Waals surface area contributed by atoms with Crippen molar-refractivity contribution < 1.29 is 14.3 Å². The molecule has 2 aromatic carbocycles. The van der Waals surface area contributed by atoms with Crippen LogP contribution < -0.4 is 10.1 Å². The second kappa shape index (κ2) is 8.91. The van der Waals surface area contributed by atoms with Crippen LogP contribution in [0.25, 0.3) is 0 Å². The van der Waals surface area contributed by atoms with E-state index in [1.54, 1.807) is 7.11 Å². The van der Waals surface area contributed by atoms with E-state index in [0.29, 0.717) is 18.5 Å². The molecule has 0 bridgehead atoms. The third-order valence-electron chi connectivity index (χ3n) is 5.30. The zero-order valence-electron chi connectivity index (χ0n) is 16.8. The lowest BCUT2D eigenvalue weighted by Crippen LogP contribution is -2.28. The summed E-state index contributed by atoms with van der Waals surface area (Å²) >= 11 is 0. The zero-order valence-corrected chi connectivity index (χ0v) is 16.8. The van der Waals surface area contributed by atoms with Crippen LogP contribution in [0.15, 0.2) is 42.5 Å². The predicted octanol–water partition coefficient (Wildman–Crippen LogP) is 4.01. The number of aryl methyl sites for hydroxylation is 1. The van der Waals surface area contributed by atoms with Crippen LogP contribution in [-0.2, 0) is 11.3 Å². The highest BCUT2D eigenvalue weighted by Gasteiger charge is 2.20. The van der Waals surface area contributed by atoms with Crippen LogP contribution in [0.2, 0.25) is 0 Å². The number of ether oxygens (including phenoxy) is 1. The second-order valence-corrected chi connectivity index (χ2v) is 7.28. The molecule has 1 aliphatic rings. The van der Waals surface area contributed by atoms with Gasteiger partial charge in [-0.05, 0) is 54.7 Å². The predicted molar refractivity (Wildman–Crippen MR) is 109 cm³/mol. The van der Waals surface area contributed by atoms with Crippen molar-refractivity contribution in [2.75, 3.05) is 13.7 Å². The first-order valence-corrected chi connectivity index (χ1v) is 9.84. The molecule has 0 unspecified atom stereocenters. The summed E-state index contributed by atoms with van der Waals surface area (Å²) in [6.07, 6.45) is 2.37. The molecule has 0 spiro atoms. The molecule has 5 nitrogen and oxygen atoms in total. The highest BCUT2D eigenvalue weighted by molar-refractivity contribution is 5.94. The Kier molecular flexibility index (Phi) is 6.34. The molecule has 3 rings (SSSR count). The average Bonchev–Trinajstić information content (AvgIpc) is 3.11.